The number of amides is 1. The van der Waals surface area contributed by atoms with Gasteiger partial charge >= 0.3 is 0 Å². The van der Waals surface area contributed by atoms with Gasteiger partial charge in [0.15, 0.2) is 0 Å². The van der Waals surface area contributed by atoms with E-state index in [1.165, 1.54) is 0 Å². The minimum Gasteiger partial charge on any atom is -0.392 e. The minimum absolute atomic E-state index is 0.0330. The highest BCUT2D eigenvalue weighted by Gasteiger charge is 2.16. The predicted octanol–water partition coefficient (Wildman–Crippen LogP) is 1.43. The number of hydrogen-bond acceptors (Lipinski definition) is 3. The molecule has 0 unspecified atom stereocenters. The number of carbonyl (C=O) groups excluding carboxylic acids is 1. The molecular formula is C16H20N2O3. The van der Waals surface area contributed by atoms with Gasteiger partial charge in [-0.2, -0.15) is 0 Å². The molecule has 1 aliphatic rings. The van der Waals surface area contributed by atoms with E-state index in [0.717, 1.165) is 42.5 Å². The van der Waals surface area contributed by atoms with E-state index in [1.807, 2.05) is 35.0 Å². The second-order valence-electron chi connectivity index (χ2n) is 5.45. The maximum absolute atomic E-state index is 12.1. The molecule has 0 atom stereocenters. The van der Waals surface area contributed by atoms with Gasteiger partial charge in [-0.25, -0.2) is 0 Å². The van der Waals surface area contributed by atoms with Crippen molar-refractivity contribution in [3.8, 4) is 0 Å². The van der Waals surface area contributed by atoms with Crippen molar-refractivity contribution >= 4 is 16.8 Å². The Bertz CT molecular complexity index is 629. The van der Waals surface area contributed by atoms with Crippen molar-refractivity contribution in [3.05, 3.63) is 36.0 Å². The van der Waals surface area contributed by atoms with Crippen LogP contribution in [0.15, 0.2) is 30.5 Å². The molecule has 112 valence electrons. The van der Waals surface area contributed by atoms with Crippen molar-refractivity contribution in [1.82, 2.24) is 9.88 Å². The zero-order valence-corrected chi connectivity index (χ0v) is 11.9. The normalized spacial score (nSPS) is 16.2. The smallest absolute Gasteiger partial charge is 0.240 e. The zero-order valence-electron chi connectivity index (χ0n) is 11.9. The van der Waals surface area contributed by atoms with E-state index in [-0.39, 0.29) is 18.6 Å². The molecule has 2 aromatic rings. The third-order valence-corrected chi connectivity index (χ3v) is 3.92. The summed E-state index contributed by atoms with van der Waals surface area (Å²) in [5.41, 5.74) is 1.89. The van der Waals surface area contributed by atoms with Crippen molar-refractivity contribution in [2.75, 3.05) is 13.2 Å². The number of aliphatic hydroxyl groups excluding tert-OH is 1. The Hall–Kier alpha value is -1.85. The van der Waals surface area contributed by atoms with Gasteiger partial charge in [-0.3, -0.25) is 4.79 Å². The third kappa shape index (κ3) is 3.25. The van der Waals surface area contributed by atoms with Crippen LogP contribution in [-0.2, 0) is 22.7 Å². The van der Waals surface area contributed by atoms with Gasteiger partial charge in [-0.1, -0.05) is 6.07 Å². The van der Waals surface area contributed by atoms with Crippen molar-refractivity contribution in [3.63, 3.8) is 0 Å². The molecule has 5 nitrogen and oxygen atoms in total. The Kier molecular flexibility index (Phi) is 4.22. The Morgan fingerprint density at radius 2 is 2.14 bits per heavy atom. The maximum atomic E-state index is 12.1. The Morgan fingerprint density at radius 1 is 1.33 bits per heavy atom. The molecule has 1 amide bonds. The van der Waals surface area contributed by atoms with Gasteiger partial charge < -0.3 is 19.7 Å². The summed E-state index contributed by atoms with van der Waals surface area (Å²) in [7, 11) is 0. The number of nitrogens with one attached hydrogen (secondary N) is 1. The van der Waals surface area contributed by atoms with E-state index >= 15 is 0 Å². The van der Waals surface area contributed by atoms with E-state index in [0.29, 0.717) is 6.54 Å². The first kappa shape index (κ1) is 14.1. The van der Waals surface area contributed by atoms with E-state index in [1.54, 1.807) is 0 Å². The highest BCUT2D eigenvalue weighted by atomic mass is 16.5. The fourth-order valence-corrected chi connectivity index (χ4v) is 2.76. The van der Waals surface area contributed by atoms with Crippen LogP contribution in [0.5, 0.6) is 0 Å². The van der Waals surface area contributed by atoms with Gasteiger partial charge in [0.05, 0.1) is 6.61 Å². The van der Waals surface area contributed by atoms with Crippen molar-refractivity contribution in [2.45, 2.75) is 32.0 Å². The van der Waals surface area contributed by atoms with E-state index in [4.69, 9.17) is 9.84 Å². The van der Waals surface area contributed by atoms with Crippen LogP contribution in [0, 0.1) is 0 Å². The molecular weight excluding hydrogens is 268 g/mol. The number of ether oxygens (including phenoxy) is 1. The summed E-state index contributed by atoms with van der Waals surface area (Å²) >= 11 is 0. The second kappa shape index (κ2) is 6.28. The van der Waals surface area contributed by atoms with Crippen LogP contribution in [0.25, 0.3) is 10.9 Å². The number of rotatable bonds is 4. The summed E-state index contributed by atoms with van der Waals surface area (Å²) in [6, 6.07) is 7.98. The topological polar surface area (TPSA) is 63.5 Å². The number of benzene rings is 1. The summed E-state index contributed by atoms with van der Waals surface area (Å²) in [5, 5.41) is 13.3. The monoisotopic (exact) mass is 288 g/mol. The predicted molar refractivity (Wildman–Crippen MR) is 79.8 cm³/mol. The molecule has 0 spiro atoms. The van der Waals surface area contributed by atoms with Crippen LogP contribution >= 0.6 is 0 Å². The summed E-state index contributed by atoms with van der Waals surface area (Å²) < 4.78 is 7.23. The van der Waals surface area contributed by atoms with Gasteiger partial charge in [0.1, 0.15) is 6.54 Å². The molecule has 2 N–H and O–H groups in total. The molecule has 1 aromatic heterocycles. The zero-order chi connectivity index (χ0) is 14.7. The van der Waals surface area contributed by atoms with Crippen LogP contribution < -0.4 is 5.32 Å². The first-order valence-corrected chi connectivity index (χ1v) is 7.32. The van der Waals surface area contributed by atoms with Crippen molar-refractivity contribution < 1.29 is 14.6 Å². The Labute approximate surface area is 123 Å². The standard InChI is InChI=1S/C16H20N2O3/c19-11-12-1-2-15-13(9-12)3-6-18(15)10-16(20)17-14-4-7-21-8-5-14/h1-3,6,9,14,19H,4-5,7-8,10-11H2,(H,17,20). The average Bonchev–Trinajstić information content (AvgIpc) is 2.90. The molecule has 0 saturated carbocycles. The van der Waals surface area contributed by atoms with Gasteiger partial charge in [0.25, 0.3) is 0 Å². The lowest BCUT2D eigenvalue weighted by atomic mass is 10.1. The third-order valence-electron chi connectivity index (χ3n) is 3.92. The molecule has 3 rings (SSSR count). The summed E-state index contributed by atoms with van der Waals surface area (Å²) in [4.78, 5) is 12.1. The van der Waals surface area contributed by atoms with Crippen molar-refractivity contribution in [1.29, 1.82) is 0 Å². The SMILES string of the molecule is O=C(Cn1ccc2cc(CO)ccc21)NC1CCOCC1. The molecule has 21 heavy (non-hydrogen) atoms. The minimum atomic E-state index is 0.0330. The number of nitrogens with zero attached hydrogens (tertiary/aromatic N) is 1. The molecule has 5 heteroatoms. The van der Waals surface area contributed by atoms with E-state index in [9.17, 15) is 4.79 Å². The molecule has 1 saturated heterocycles. The number of carbonyl (C=O) groups is 1. The number of hydrogen-bond donors (Lipinski definition) is 2. The second-order valence-corrected chi connectivity index (χ2v) is 5.45. The van der Waals surface area contributed by atoms with Crippen molar-refractivity contribution in [2.24, 2.45) is 0 Å². The van der Waals surface area contributed by atoms with Crippen LogP contribution in [0.2, 0.25) is 0 Å². The van der Waals surface area contributed by atoms with E-state index < -0.39 is 0 Å². The Morgan fingerprint density at radius 3 is 2.90 bits per heavy atom. The molecule has 2 heterocycles. The lowest BCUT2D eigenvalue weighted by molar-refractivity contribution is -0.122. The van der Waals surface area contributed by atoms with Crippen LogP contribution in [-0.4, -0.2) is 34.8 Å². The van der Waals surface area contributed by atoms with Gasteiger partial charge in [-0.15, -0.1) is 0 Å². The molecule has 0 bridgehead atoms. The Balaban J connectivity index is 1.68. The maximum Gasteiger partial charge on any atom is 0.240 e. The lowest BCUT2D eigenvalue weighted by Crippen LogP contribution is -2.40. The van der Waals surface area contributed by atoms with Gasteiger partial charge in [0.2, 0.25) is 5.91 Å². The van der Waals surface area contributed by atoms with Crippen LogP contribution in [0.1, 0.15) is 18.4 Å². The number of aliphatic hydroxyl groups is 1. The highest BCUT2D eigenvalue weighted by Crippen LogP contribution is 2.18. The van der Waals surface area contributed by atoms with Gasteiger partial charge in [0, 0.05) is 31.0 Å². The van der Waals surface area contributed by atoms with Crippen LogP contribution in [0.4, 0.5) is 0 Å². The fourth-order valence-electron chi connectivity index (χ4n) is 2.76. The molecule has 1 fully saturated rings. The number of fused-ring (bicyclic) bond motifs is 1. The van der Waals surface area contributed by atoms with Crippen LogP contribution in [0.3, 0.4) is 0 Å². The fraction of sp³-hybridized carbons (Fsp3) is 0.438. The lowest BCUT2D eigenvalue weighted by Gasteiger charge is -2.23. The quantitative estimate of drug-likeness (QED) is 0.894. The molecule has 1 aliphatic heterocycles. The summed E-state index contributed by atoms with van der Waals surface area (Å²) in [6.07, 6.45) is 3.69. The first-order chi connectivity index (χ1) is 10.3. The summed E-state index contributed by atoms with van der Waals surface area (Å²) in [6.45, 7) is 1.80. The first-order valence-electron chi connectivity index (χ1n) is 7.32. The molecule has 0 aliphatic carbocycles. The highest BCUT2D eigenvalue weighted by molar-refractivity contribution is 5.83. The molecule has 0 radical (unpaired) electrons. The number of aromatic nitrogens is 1. The average molecular weight is 288 g/mol. The summed E-state index contributed by atoms with van der Waals surface area (Å²) in [5.74, 6) is 0.0330. The molecule has 1 aromatic carbocycles. The van der Waals surface area contributed by atoms with Gasteiger partial charge in [-0.05, 0) is 42.0 Å². The van der Waals surface area contributed by atoms with E-state index in [2.05, 4.69) is 5.32 Å². The largest absolute Gasteiger partial charge is 0.392 e.